The maximum absolute atomic E-state index is 13.7. The molecule has 0 aliphatic heterocycles. The highest BCUT2D eigenvalue weighted by molar-refractivity contribution is 7.10. The van der Waals surface area contributed by atoms with Gasteiger partial charge in [0.2, 0.25) is 0 Å². The highest BCUT2D eigenvalue weighted by Crippen LogP contribution is 2.24. The van der Waals surface area contributed by atoms with Gasteiger partial charge in [0.1, 0.15) is 23.9 Å². The monoisotopic (exact) mass is 347 g/mol. The Kier molecular flexibility index (Phi) is 4.81. The molecule has 0 fully saturated rings. The van der Waals surface area contributed by atoms with Crippen LogP contribution in [0.1, 0.15) is 10.6 Å². The molecule has 0 amide bonds. The lowest BCUT2D eigenvalue weighted by molar-refractivity contribution is -0.139. The fourth-order valence-corrected chi connectivity index (χ4v) is 2.54. The van der Waals surface area contributed by atoms with Crippen LogP contribution < -0.4 is 0 Å². The SMILES string of the molecule is O=C(/C=C/c1cccs1)OCc1cc(-c2ccc(F)cc2F)on1. The van der Waals surface area contributed by atoms with Crippen molar-refractivity contribution < 1.29 is 22.8 Å². The zero-order valence-corrected chi connectivity index (χ0v) is 13.1. The Bertz CT molecular complexity index is 872. The van der Waals surface area contributed by atoms with Crippen LogP contribution in [0.25, 0.3) is 17.4 Å². The molecule has 3 aromatic rings. The van der Waals surface area contributed by atoms with E-state index in [9.17, 15) is 13.6 Å². The molecule has 4 nitrogen and oxygen atoms in total. The van der Waals surface area contributed by atoms with Crippen molar-refractivity contribution in [2.45, 2.75) is 6.61 Å². The van der Waals surface area contributed by atoms with E-state index in [1.165, 1.54) is 29.5 Å². The largest absolute Gasteiger partial charge is 0.456 e. The molecule has 7 heteroatoms. The lowest BCUT2D eigenvalue weighted by Crippen LogP contribution is -2.00. The molecule has 0 N–H and O–H groups in total. The van der Waals surface area contributed by atoms with Crippen LogP contribution in [0.5, 0.6) is 0 Å². The molecule has 0 saturated carbocycles. The van der Waals surface area contributed by atoms with Crippen molar-refractivity contribution in [1.29, 1.82) is 0 Å². The number of aromatic nitrogens is 1. The number of thiophene rings is 1. The zero-order valence-electron chi connectivity index (χ0n) is 12.2. The molecular weight excluding hydrogens is 336 g/mol. The molecule has 0 saturated heterocycles. The number of esters is 1. The molecule has 24 heavy (non-hydrogen) atoms. The van der Waals surface area contributed by atoms with Gasteiger partial charge in [-0.15, -0.1) is 11.3 Å². The summed E-state index contributed by atoms with van der Waals surface area (Å²) < 4.78 is 36.6. The minimum atomic E-state index is -0.756. The second-order valence-corrected chi connectivity index (χ2v) is 5.74. The number of carbonyl (C=O) groups is 1. The first-order valence-electron chi connectivity index (χ1n) is 6.91. The number of ether oxygens (including phenoxy) is 1. The first kappa shape index (κ1) is 16.1. The van der Waals surface area contributed by atoms with Gasteiger partial charge in [0, 0.05) is 23.1 Å². The van der Waals surface area contributed by atoms with E-state index >= 15 is 0 Å². The molecule has 1 aromatic carbocycles. The average molecular weight is 347 g/mol. The predicted octanol–water partition coefficient (Wildman–Crippen LogP) is 4.44. The summed E-state index contributed by atoms with van der Waals surface area (Å²) >= 11 is 1.50. The molecule has 0 bridgehead atoms. The summed E-state index contributed by atoms with van der Waals surface area (Å²) in [6, 6.07) is 8.32. The number of nitrogens with zero attached hydrogens (tertiary/aromatic N) is 1. The van der Waals surface area contributed by atoms with Crippen LogP contribution in [0.2, 0.25) is 0 Å². The quantitative estimate of drug-likeness (QED) is 0.506. The molecule has 122 valence electrons. The summed E-state index contributed by atoms with van der Waals surface area (Å²) in [5, 5.41) is 5.60. The molecule has 0 aliphatic rings. The smallest absolute Gasteiger partial charge is 0.331 e. The molecule has 2 heterocycles. The molecular formula is C17H11F2NO3S. The fraction of sp³-hybridized carbons (Fsp3) is 0.0588. The third-order valence-electron chi connectivity index (χ3n) is 3.04. The molecule has 0 spiro atoms. The van der Waals surface area contributed by atoms with Crippen molar-refractivity contribution in [3.05, 3.63) is 70.1 Å². The van der Waals surface area contributed by atoms with Gasteiger partial charge in [-0.2, -0.15) is 0 Å². The Balaban J connectivity index is 1.61. The van der Waals surface area contributed by atoms with Gasteiger partial charge >= 0.3 is 5.97 Å². The lowest BCUT2D eigenvalue weighted by Gasteiger charge is -1.98. The number of rotatable bonds is 5. The van der Waals surface area contributed by atoms with Gasteiger partial charge in [-0.3, -0.25) is 0 Å². The van der Waals surface area contributed by atoms with Gasteiger partial charge in [-0.25, -0.2) is 13.6 Å². The van der Waals surface area contributed by atoms with Crippen LogP contribution in [0.4, 0.5) is 8.78 Å². The van der Waals surface area contributed by atoms with E-state index in [1.807, 2.05) is 17.5 Å². The van der Waals surface area contributed by atoms with Crippen molar-refractivity contribution in [3.63, 3.8) is 0 Å². The highest BCUT2D eigenvalue weighted by Gasteiger charge is 2.13. The second-order valence-electron chi connectivity index (χ2n) is 4.76. The number of carbonyl (C=O) groups excluding carboxylic acids is 1. The Morgan fingerprint density at radius 2 is 2.17 bits per heavy atom. The molecule has 3 rings (SSSR count). The Hall–Kier alpha value is -2.80. The minimum absolute atomic E-state index is 0.0825. The van der Waals surface area contributed by atoms with Crippen molar-refractivity contribution in [1.82, 2.24) is 5.16 Å². The van der Waals surface area contributed by atoms with Crippen LogP contribution >= 0.6 is 11.3 Å². The van der Waals surface area contributed by atoms with Gasteiger partial charge in [-0.05, 0) is 29.7 Å². The standard InChI is InChI=1S/C17H11F2NO3S/c18-11-3-5-14(15(19)8-11)16-9-12(20-23-16)10-22-17(21)6-4-13-2-1-7-24-13/h1-9H,10H2/b6-4+. The van der Waals surface area contributed by atoms with E-state index < -0.39 is 17.6 Å². The maximum atomic E-state index is 13.7. The molecule has 2 aromatic heterocycles. The van der Waals surface area contributed by atoms with E-state index in [1.54, 1.807) is 6.08 Å². The third-order valence-corrected chi connectivity index (χ3v) is 3.88. The maximum Gasteiger partial charge on any atom is 0.331 e. The van der Waals surface area contributed by atoms with Crippen molar-refractivity contribution >= 4 is 23.4 Å². The van der Waals surface area contributed by atoms with Crippen LogP contribution in [-0.2, 0) is 16.1 Å². The van der Waals surface area contributed by atoms with Gasteiger partial charge in [0.25, 0.3) is 0 Å². The molecule has 0 aliphatic carbocycles. The number of halogens is 2. The molecule has 0 unspecified atom stereocenters. The summed E-state index contributed by atoms with van der Waals surface area (Å²) in [4.78, 5) is 12.5. The zero-order chi connectivity index (χ0) is 16.9. The Labute approximate surface area is 140 Å². The van der Waals surface area contributed by atoms with Crippen LogP contribution in [0, 0.1) is 11.6 Å². The Morgan fingerprint density at radius 3 is 2.92 bits per heavy atom. The fourth-order valence-electron chi connectivity index (χ4n) is 1.93. The van der Waals surface area contributed by atoms with Crippen molar-refractivity contribution in [2.24, 2.45) is 0 Å². The summed E-state index contributed by atoms with van der Waals surface area (Å²) in [5.41, 5.74) is 0.408. The second kappa shape index (κ2) is 7.18. The summed E-state index contributed by atoms with van der Waals surface area (Å²) in [5.74, 6) is -1.83. The molecule has 0 radical (unpaired) electrons. The van der Waals surface area contributed by atoms with E-state index in [0.29, 0.717) is 5.69 Å². The van der Waals surface area contributed by atoms with Crippen LogP contribution in [0.3, 0.4) is 0 Å². The topological polar surface area (TPSA) is 52.3 Å². The van der Waals surface area contributed by atoms with Gasteiger partial charge < -0.3 is 9.26 Å². The predicted molar refractivity (Wildman–Crippen MR) is 85.0 cm³/mol. The Morgan fingerprint density at radius 1 is 1.29 bits per heavy atom. The van der Waals surface area contributed by atoms with Crippen molar-refractivity contribution in [3.8, 4) is 11.3 Å². The van der Waals surface area contributed by atoms with Crippen LogP contribution in [-0.4, -0.2) is 11.1 Å². The number of hydrogen-bond acceptors (Lipinski definition) is 5. The summed E-state index contributed by atoms with van der Waals surface area (Å²) in [6.45, 7) is -0.111. The van der Waals surface area contributed by atoms with Crippen molar-refractivity contribution in [2.75, 3.05) is 0 Å². The minimum Gasteiger partial charge on any atom is -0.456 e. The van der Waals surface area contributed by atoms with E-state index in [-0.39, 0.29) is 17.9 Å². The van der Waals surface area contributed by atoms with Gasteiger partial charge in [-0.1, -0.05) is 11.2 Å². The first-order chi connectivity index (χ1) is 11.6. The van der Waals surface area contributed by atoms with E-state index in [0.717, 1.165) is 17.0 Å². The van der Waals surface area contributed by atoms with Gasteiger partial charge in [0.05, 0.1) is 5.56 Å². The average Bonchev–Trinajstić information content (AvgIpc) is 3.22. The first-order valence-corrected chi connectivity index (χ1v) is 7.79. The summed E-state index contributed by atoms with van der Waals surface area (Å²) in [7, 11) is 0. The van der Waals surface area contributed by atoms with E-state index in [4.69, 9.17) is 9.26 Å². The normalized spacial score (nSPS) is 11.1. The third kappa shape index (κ3) is 3.94. The lowest BCUT2D eigenvalue weighted by atomic mass is 10.1. The molecule has 0 atom stereocenters. The van der Waals surface area contributed by atoms with E-state index in [2.05, 4.69) is 5.16 Å². The summed E-state index contributed by atoms with van der Waals surface area (Å²) in [6.07, 6.45) is 2.96. The number of benzene rings is 1. The van der Waals surface area contributed by atoms with Gasteiger partial charge in [0.15, 0.2) is 5.76 Å². The highest BCUT2D eigenvalue weighted by atomic mass is 32.1. The van der Waals surface area contributed by atoms with Crippen LogP contribution in [0.15, 0.2) is 52.4 Å². The number of hydrogen-bond donors (Lipinski definition) is 0.